The molecule has 0 spiro atoms. The van der Waals surface area contributed by atoms with Gasteiger partial charge in [-0.05, 0) is 40.9 Å². The minimum atomic E-state index is -1.09. The van der Waals surface area contributed by atoms with E-state index in [1.165, 1.54) is 6.42 Å². The number of benzene rings is 1. The number of hydrogen-bond donors (Lipinski definition) is 0. The van der Waals surface area contributed by atoms with E-state index in [4.69, 9.17) is 11.6 Å². The zero-order valence-electron chi connectivity index (χ0n) is 8.79. The Morgan fingerprint density at radius 2 is 1.94 bits per heavy atom. The van der Waals surface area contributed by atoms with Crippen molar-refractivity contribution >= 4 is 38.5 Å². The summed E-state index contributed by atoms with van der Waals surface area (Å²) in [6.07, 6.45) is 3.50. The number of piperidine rings is 1. The van der Waals surface area contributed by atoms with Gasteiger partial charge in [-0.25, -0.2) is 8.51 Å². The van der Waals surface area contributed by atoms with E-state index in [-0.39, 0.29) is 0 Å². The molecule has 0 N–H and O–H groups in total. The fourth-order valence-corrected chi connectivity index (χ4v) is 4.03. The lowest BCUT2D eigenvalue weighted by Crippen LogP contribution is -2.31. The van der Waals surface area contributed by atoms with Gasteiger partial charge in [-0.2, -0.15) is 0 Å². The minimum Gasteiger partial charge on any atom is -0.237 e. The maximum atomic E-state index is 12.3. The van der Waals surface area contributed by atoms with Crippen LogP contribution in [0.1, 0.15) is 19.3 Å². The standard InChI is InChI=1S/C11H13BrClNOS/c12-11-9(13)5-4-6-10(11)16(15)14-7-2-1-3-8-14/h4-6H,1-3,7-8H2. The molecule has 88 valence electrons. The Kier molecular flexibility index (Phi) is 4.41. The van der Waals surface area contributed by atoms with Crippen LogP contribution in [0.2, 0.25) is 5.02 Å². The van der Waals surface area contributed by atoms with Gasteiger partial charge in [-0.1, -0.05) is 24.1 Å². The molecule has 0 bridgehead atoms. The van der Waals surface area contributed by atoms with Crippen LogP contribution in [0.25, 0.3) is 0 Å². The van der Waals surface area contributed by atoms with Gasteiger partial charge in [0.05, 0.1) is 14.4 Å². The van der Waals surface area contributed by atoms with E-state index in [1.807, 2.05) is 16.4 Å². The molecule has 16 heavy (non-hydrogen) atoms. The highest BCUT2D eigenvalue weighted by Crippen LogP contribution is 2.30. The molecule has 5 heteroatoms. The Hall–Kier alpha value is 0.1000. The first-order chi connectivity index (χ1) is 7.70. The van der Waals surface area contributed by atoms with Crippen molar-refractivity contribution in [1.29, 1.82) is 0 Å². The fraction of sp³-hybridized carbons (Fsp3) is 0.455. The average Bonchev–Trinajstić information content (AvgIpc) is 2.33. The van der Waals surface area contributed by atoms with Gasteiger partial charge in [-0.15, -0.1) is 0 Å². The van der Waals surface area contributed by atoms with Crippen molar-refractivity contribution in [2.45, 2.75) is 24.2 Å². The van der Waals surface area contributed by atoms with Crippen LogP contribution in [-0.2, 0) is 11.0 Å². The first-order valence-corrected chi connectivity index (χ1v) is 7.59. The van der Waals surface area contributed by atoms with Gasteiger partial charge >= 0.3 is 0 Å². The van der Waals surface area contributed by atoms with Gasteiger partial charge in [0.1, 0.15) is 11.0 Å². The highest BCUT2D eigenvalue weighted by molar-refractivity contribution is 9.10. The average molecular weight is 323 g/mol. The van der Waals surface area contributed by atoms with Crippen LogP contribution in [0, 0.1) is 0 Å². The summed E-state index contributed by atoms with van der Waals surface area (Å²) < 4.78 is 15.1. The summed E-state index contributed by atoms with van der Waals surface area (Å²) in [4.78, 5) is 0.773. The van der Waals surface area contributed by atoms with Crippen LogP contribution in [0.5, 0.6) is 0 Å². The molecule has 1 atom stereocenters. The van der Waals surface area contributed by atoms with Gasteiger partial charge in [0.15, 0.2) is 0 Å². The Morgan fingerprint density at radius 3 is 2.62 bits per heavy atom. The molecule has 1 aliphatic rings. The molecule has 1 aromatic carbocycles. The Morgan fingerprint density at radius 1 is 1.25 bits per heavy atom. The minimum absolute atomic E-state index is 0.614. The molecule has 2 nitrogen and oxygen atoms in total. The van der Waals surface area contributed by atoms with Crippen molar-refractivity contribution in [1.82, 2.24) is 4.31 Å². The molecule has 2 rings (SSSR count). The topological polar surface area (TPSA) is 20.3 Å². The van der Waals surface area contributed by atoms with Crippen molar-refractivity contribution in [3.05, 3.63) is 27.7 Å². The largest absolute Gasteiger partial charge is 0.237 e. The summed E-state index contributed by atoms with van der Waals surface area (Å²) in [5.74, 6) is 0. The monoisotopic (exact) mass is 321 g/mol. The zero-order chi connectivity index (χ0) is 11.5. The number of nitrogens with zero attached hydrogens (tertiary/aromatic N) is 1. The summed E-state index contributed by atoms with van der Waals surface area (Å²) >= 11 is 9.39. The van der Waals surface area contributed by atoms with Crippen LogP contribution < -0.4 is 0 Å². The number of rotatable bonds is 2. The van der Waals surface area contributed by atoms with E-state index in [0.717, 1.165) is 35.3 Å². The predicted octanol–water partition coefficient (Wildman–Crippen LogP) is 3.61. The van der Waals surface area contributed by atoms with Crippen molar-refractivity contribution in [3.63, 3.8) is 0 Å². The second-order valence-corrected chi connectivity index (χ2v) is 6.45. The van der Waals surface area contributed by atoms with Crippen LogP contribution in [0.4, 0.5) is 0 Å². The highest BCUT2D eigenvalue weighted by Gasteiger charge is 2.20. The van der Waals surface area contributed by atoms with Gasteiger partial charge in [-0.3, -0.25) is 0 Å². The third kappa shape index (κ3) is 2.67. The van der Waals surface area contributed by atoms with Crippen molar-refractivity contribution < 1.29 is 4.21 Å². The molecule has 1 unspecified atom stereocenters. The lowest BCUT2D eigenvalue weighted by molar-refractivity contribution is 0.365. The van der Waals surface area contributed by atoms with E-state index in [2.05, 4.69) is 15.9 Å². The molecule has 0 amide bonds. The zero-order valence-corrected chi connectivity index (χ0v) is 11.9. The molecular formula is C11H13BrClNOS. The maximum absolute atomic E-state index is 12.3. The van der Waals surface area contributed by atoms with E-state index in [1.54, 1.807) is 6.07 Å². The Labute approximate surface area is 112 Å². The van der Waals surface area contributed by atoms with Crippen LogP contribution in [0.15, 0.2) is 27.6 Å². The number of halogens is 2. The molecule has 1 saturated heterocycles. The molecule has 1 aromatic rings. The van der Waals surface area contributed by atoms with Crippen LogP contribution in [0.3, 0.4) is 0 Å². The molecule has 1 heterocycles. The second-order valence-electron chi connectivity index (χ2n) is 3.79. The van der Waals surface area contributed by atoms with Crippen LogP contribution in [-0.4, -0.2) is 21.6 Å². The SMILES string of the molecule is O=S(c1cccc(Cl)c1Br)N1CCCCC1. The molecule has 1 aliphatic heterocycles. The Bertz CT molecular complexity index is 407. The molecular weight excluding hydrogens is 310 g/mol. The van der Waals surface area contributed by atoms with Gasteiger partial charge in [0.25, 0.3) is 0 Å². The molecule has 0 radical (unpaired) electrons. The first kappa shape index (κ1) is 12.6. The van der Waals surface area contributed by atoms with E-state index in [9.17, 15) is 4.21 Å². The molecule has 1 fully saturated rings. The normalized spacial score (nSPS) is 19.6. The Balaban J connectivity index is 2.22. The van der Waals surface area contributed by atoms with E-state index in [0.29, 0.717) is 5.02 Å². The van der Waals surface area contributed by atoms with Gasteiger partial charge in [0.2, 0.25) is 0 Å². The number of hydrogen-bond acceptors (Lipinski definition) is 1. The van der Waals surface area contributed by atoms with Crippen molar-refractivity contribution in [2.24, 2.45) is 0 Å². The summed E-state index contributed by atoms with van der Waals surface area (Å²) in [6, 6.07) is 5.49. The lowest BCUT2D eigenvalue weighted by atomic mass is 10.2. The summed E-state index contributed by atoms with van der Waals surface area (Å²) in [5.41, 5.74) is 0. The van der Waals surface area contributed by atoms with Crippen molar-refractivity contribution in [2.75, 3.05) is 13.1 Å². The summed E-state index contributed by atoms with van der Waals surface area (Å²) in [7, 11) is -1.09. The quantitative estimate of drug-likeness (QED) is 0.814. The fourth-order valence-electron chi connectivity index (χ4n) is 1.79. The summed E-state index contributed by atoms with van der Waals surface area (Å²) in [6.45, 7) is 1.82. The molecule has 0 saturated carbocycles. The first-order valence-electron chi connectivity index (χ1n) is 5.31. The third-order valence-corrected chi connectivity index (χ3v) is 5.86. The highest BCUT2D eigenvalue weighted by atomic mass is 79.9. The summed E-state index contributed by atoms with van der Waals surface area (Å²) in [5, 5.41) is 0.614. The maximum Gasteiger partial charge on any atom is 0.128 e. The molecule has 0 aromatic heterocycles. The third-order valence-electron chi connectivity index (χ3n) is 2.65. The van der Waals surface area contributed by atoms with Gasteiger partial charge in [0, 0.05) is 13.1 Å². The van der Waals surface area contributed by atoms with Gasteiger partial charge < -0.3 is 0 Å². The smallest absolute Gasteiger partial charge is 0.128 e. The van der Waals surface area contributed by atoms with E-state index < -0.39 is 11.0 Å². The van der Waals surface area contributed by atoms with Crippen molar-refractivity contribution in [3.8, 4) is 0 Å². The molecule has 0 aliphatic carbocycles. The second kappa shape index (κ2) is 5.63. The van der Waals surface area contributed by atoms with E-state index >= 15 is 0 Å². The lowest BCUT2D eigenvalue weighted by Gasteiger charge is -2.25. The van der Waals surface area contributed by atoms with Crippen LogP contribution >= 0.6 is 27.5 Å². The predicted molar refractivity (Wildman–Crippen MR) is 71.0 cm³/mol.